The zero-order chi connectivity index (χ0) is 10.2. The summed E-state index contributed by atoms with van der Waals surface area (Å²) in [6, 6.07) is 0. The molecule has 0 bridgehead atoms. The molecule has 2 fully saturated rings. The zero-order valence-electron chi connectivity index (χ0n) is 6.75. The van der Waals surface area contributed by atoms with Gasteiger partial charge in [-0.05, 0) is 0 Å². The lowest BCUT2D eigenvalue weighted by atomic mass is 10.7. The van der Waals surface area contributed by atoms with Gasteiger partial charge in [0.25, 0.3) is 6.29 Å². The molecule has 2 rings (SSSR count). The van der Waals surface area contributed by atoms with Crippen LogP contribution in [0.2, 0.25) is 0 Å². The molecule has 2 heterocycles. The van der Waals surface area contributed by atoms with Crippen LogP contribution in [0.4, 0.5) is 9.18 Å². The molecule has 2 aliphatic rings. The maximum Gasteiger partial charge on any atom is 0.513 e. The average molecular weight is 228 g/mol. The molecular weight excluding hydrogens is 222 g/mol. The first-order valence-corrected chi connectivity index (χ1v) is 5.14. The molecule has 0 spiro atoms. The number of ether oxygens (including phenoxy) is 2. The Morgan fingerprint density at radius 2 is 2.00 bits per heavy atom. The van der Waals surface area contributed by atoms with E-state index < -0.39 is 26.6 Å². The fraction of sp³-hybridized carbons (Fsp3) is 0.800. The van der Waals surface area contributed by atoms with Gasteiger partial charge < -0.3 is 9.47 Å². The monoisotopic (exact) mass is 228 g/mol. The third-order valence-corrected chi connectivity index (χ3v) is 2.91. The van der Waals surface area contributed by atoms with E-state index in [0.717, 1.165) is 0 Å². The van der Waals surface area contributed by atoms with Crippen LogP contribution in [0, 0.1) is 0 Å². The molecule has 2 unspecified atom stereocenters. The summed E-state index contributed by atoms with van der Waals surface area (Å²) in [5.74, 6) is 0. The van der Waals surface area contributed by atoms with E-state index in [1.165, 1.54) is 0 Å². The van der Waals surface area contributed by atoms with E-state index in [9.17, 15) is 13.8 Å². The van der Waals surface area contributed by atoms with Crippen LogP contribution in [0.15, 0.2) is 0 Å². The Balaban J connectivity index is 1.97. The van der Waals surface area contributed by atoms with E-state index in [-0.39, 0.29) is 13.2 Å². The highest BCUT2D eigenvalue weighted by Crippen LogP contribution is 2.54. The number of carbonyl (C=O) groups excluding carboxylic acids is 1. The fourth-order valence-electron chi connectivity index (χ4n) is 0.916. The summed E-state index contributed by atoms with van der Waals surface area (Å²) in [4.78, 5) is 10.4. The van der Waals surface area contributed by atoms with E-state index in [2.05, 4.69) is 23.0 Å². The lowest BCUT2D eigenvalue weighted by Crippen LogP contribution is -2.20. The third-order valence-electron chi connectivity index (χ3n) is 1.45. The van der Waals surface area contributed by atoms with Crippen LogP contribution in [0.25, 0.3) is 0 Å². The number of phosphoric ester groups is 1. The van der Waals surface area contributed by atoms with Gasteiger partial charge in [-0.1, -0.05) is 0 Å². The van der Waals surface area contributed by atoms with Crippen molar-refractivity contribution >= 4 is 14.0 Å². The van der Waals surface area contributed by atoms with Crippen molar-refractivity contribution in [3.63, 3.8) is 0 Å². The van der Waals surface area contributed by atoms with Crippen molar-refractivity contribution < 1.29 is 36.8 Å². The Morgan fingerprint density at radius 1 is 1.36 bits per heavy atom. The molecule has 2 atom stereocenters. The van der Waals surface area contributed by atoms with E-state index in [1.54, 1.807) is 0 Å². The van der Waals surface area contributed by atoms with Crippen molar-refractivity contribution in [3.05, 3.63) is 0 Å². The van der Waals surface area contributed by atoms with Crippen LogP contribution in [0.5, 0.6) is 0 Å². The number of cyclic esters (lactones) is 2. The first kappa shape index (κ1) is 9.85. The van der Waals surface area contributed by atoms with Gasteiger partial charge in [-0.15, -0.1) is 0 Å². The van der Waals surface area contributed by atoms with Gasteiger partial charge in [-0.2, -0.15) is 4.39 Å². The van der Waals surface area contributed by atoms with E-state index >= 15 is 0 Å². The molecule has 9 heteroatoms. The van der Waals surface area contributed by atoms with Gasteiger partial charge in [0, 0.05) is 0 Å². The normalized spacial score (nSPS) is 35.4. The minimum atomic E-state index is -3.78. The molecule has 2 saturated heterocycles. The molecule has 0 aromatic carbocycles. The summed E-state index contributed by atoms with van der Waals surface area (Å²) in [6.45, 7) is 0.158. The molecule has 0 aromatic rings. The predicted molar refractivity (Wildman–Crippen MR) is 36.8 cm³/mol. The van der Waals surface area contributed by atoms with Crippen molar-refractivity contribution in [2.24, 2.45) is 0 Å². The molecule has 7 nitrogen and oxygen atoms in total. The van der Waals surface area contributed by atoms with Crippen molar-refractivity contribution in [2.45, 2.75) is 12.6 Å². The maximum absolute atomic E-state index is 12.7. The largest absolute Gasteiger partial charge is 0.513 e. The highest BCUT2D eigenvalue weighted by atomic mass is 31.2. The maximum atomic E-state index is 12.7. The average Bonchev–Trinajstić information content (AvgIpc) is 2.61. The summed E-state index contributed by atoms with van der Waals surface area (Å²) in [6.07, 6.45) is -5.05. The number of carbonyl (C=O) groups is 1. The van der Waals surface area contributed by atoms with Crippen molar-refractivity contribution in [1.29, 1.82) is 0 Å². The second-order valence-electron chi connectivity index (χ2n) is 2.42. The van der Waals surface area contributed by atoms with Gasteiger partial charge in [0.15, 0.2) is 0 Å². The predicted octanol–water partition coefficient (Wildman–Crippen LogP) is 0.946. The number of hydrogen-bond donors (Lipinski definition) is 0. The lowest BCUT2D eigenvalue weighted by molar-refractivity contribution is -0.0861. The molecule has 0 aliphatic carbocycles. The molecule has 0 radical (unpaired) electrons. The number of phosphoric acid groups is 1. The van der Waals surface area contributed by atoms with Crippen LogP contribution in [0.1, 0.15) is 0 Å². The highest BCUT2D eigenvalue weighted by Gasteiger charge is 2.45. The van der Waals surface area contributed by atoms with E-state index in [1.807, 2.05) is 0 Å². The van der Waals surface area contributed by atoms with Gasteiger partial charge >= 0.3 is 20.3 Å². The Morgan fingerprint density at radius 3 is 2.50 bits per heavy atom. The van der Waals surface area contributed by atoms with Crippen molar-refractivity contribution in [2.75, 3.05) is 13.2 Å². The topological polar surface area (TPSA) is 80.3 Å². The number of alkyl halides is 1. The summed E-state index contributed by atoms with van der Waals surface area (Å²) < 4.78 is 45.9. The molecular formula is C5H6FO7P. The van der Waals surface area contributed by atoms with Gasteiger partial charge in [-0.3, -0.25) is 9.05 Å². The minimum Gasteiger partial charge on any atom is -0.396 e. The molecule has 14 heavy (non-hydrogen) atoms. The molecule has 80 valence electrons. The molecule has 0 N–H and O–H groups in total. The summed E-state index contributed by atoms with van der Waals surface area (Å²) >= 11 is 0. The SMILES string of the molecule is O=C1OC(F)C(OP2(=O)OCCO2)O1. The fourth-order valence-corrected chi connectivity index (χ4v) is 2.10. The van der Waals surface area contributed by atoms with E-state index in [4.69, 9.17) is 0 Å². The van der Waals surface area contributed by atoms with Crippen LogP contribution in [-0.2, 0) is 27.6 Å². The quantitative estimate of drug-likeness (QED) is 0.514. The summed E-state index contributed by atoms with van der Waals surface area (Å²) in [5.41, 5.74) is 0. The number of rotatable bonds is 2. The first-order chi connectivity index (χ1) is 6.59. The molecule has 0 aromatic heterocycles. The number of halogens is 1. The summed E-state index contributed by atoms with van der Waals surface area (Å²) in [7, 11) is -3.78. The second-order valence-corrected chi connectivity index (χ2v) is 4.05. The zero-order valence-corrected chi connectivity index (χ0v) is 7.65. The van der Waals surface area contributed by atoms with Crippen LogP contribution >= 0.6 is 7.82 Å². The second kappa shape index (κ2) is 3.47. The van der Waals surface area contributed by atoms with Crippen LogP contribution < -0.4 is 0 Å². The Labute approximate surface area is 77.6 Å². The van der Waals surface area contributed by atoms with Gasteiger partial charge in [0.05, 0.1) is 13.2 Å². The first-order valence-electron chi connectivity index (χ1n) is 3.68. The smallest absolute Gasteiger partial charge is 0.396 e. The molecule has 0 amide bonds. The number of hydrogen-bond acceptors (Lipinski definition) is 7. The van der Waals surface area contributed by atoms with E-state index in [0.29, 0.717) is 0 Å². The Hall–Kier alpha value is -0.690. The van der Waals surface area contributed by atoms with Crippen molar-refractivity contribution in [3.8, 4) is 0 Å². The highest BCUT2D eigenvalue weighted by molar-refractivity contribution is 7.48. The van der Waals surface area contributed by atoms with Gasteiger partial charge in [0.1, 0.15) is 0 Å². The molecule has 2 aliphatic heterocycles. The van der Waals surface area contributed by atoms with Crippen LogP contribution in [0.3, 0.4) is 0 Å². The standard InChI is InChI=1S/C5H6FO7P/c6-3-4(12-5(7)11-3)13-14(8)9-1-2-10-14/h3-4H,1-2H2. The van der Waals surface area contributed by atoms with Crippen LogP contribution in [-0.4, -0.2) is 32.0 Å². The van der Waals surface area contributed by atoms with Crippen molar-refractivity contribution in [1.82, 2.24) is 0 Å². The Kier molecular flexibility index (Phi) is 2.44. The summed E-state index contributed by atoms with van der Waals surface area (Å²) in [5, 5.41) is 0. The lowest BCUT2D eigenvalue weighted by Gasteiger charge is -2.13. The Bertz CT molecular complexity index is 284. The third kappa shape index (κ3) is 1.88. The minimum absolute atomic E-state index is 0.0791. The molecule has 0 saturated carbocycles. The van der Waals surface area contributed by atoms with Gasteiger partial charge in [0.2, 0.25) is 0 Å². The van der Waals surface area contributed by atoms with Gasteiger partial charge in [-0.25, -0.2) is 13.9 Å².